The minimum atomic E-state index is -4.79. The number of para-hydroxylation sites is 1. The molecule has 0 unspecified atom stereocenters. The quantitative estimate of drug-likeness (QED) is 0.850. The average Bonchev–Trinajstić information content (AvgIpc) is 2.32. The topological polar surface area (TPSA) is 47.6 Å². The molecule has 0 atom stereocenters. The van der Waals surface area contributed by atoms with E-state index in [9.17, 15) is 18.0 Å². The van der Waals surface area contributed by atoms with E-state index in [1.54, 1.807) is 20.8 Å². The molecule has 0 heterocycles. The van der Waals surface area contributed by atoms with Gasteiger partial charge in [-0.2, -0.15) is 0 Å². The zero-order valence-corrected chi connectivity index (χ0v) is 12.4. The van der Waals surface area contributed by atoms with Gasteiger partial charge in [-0.25, -0.2) is 4.79 Å². The number of carbonyl (C=O) groups is 1. The van der Waals surface area contributed by atoms with E-state index in [1.165, 1.54) is 24.3 Å². The van der Waals surface area contributed by atoms with Gasteiger partial charge in [0.15, 0.2) is 0 Å². The Morgan fingerprint density at radius 2 is 1.86 bits per heavy atom. The second kappa shape index (κ2) is 7.07. The number of halogens is 3. The predicted molar refractivity (Wildman–Crippen MR) is 74.2 cm³/mol. The van der Waals surface area contributed by atoms with Crippen LogP contribution in [0.1, 0.15) is 26.3 Å². The molecule has 1 N–H and O–H groups in total. The molecular formula is C15H16F3NO3. The fraction of sp³-hybridized carbons (Fsp3) is 0.400. The lowest BCUT2D eigenvalue weighted by Crippen LogP contribution is -2.32. The van der Waals surface area contributed by atoms with Crippen molar-refractivity contribution in [3.8, 4) is 17.6 Å². The molecule has 1 aromatic rings. The number of amides is 1. The van der Waals surface area contributed by atoms with E-state index in [1.807, 2.05) is 0 Å². The minimum absolute atomic E-state index is 0.0603. The van der Waals surface area contributed by atoms with E-state index in [0.717, 1.165) is 0 Å². The fourth-order valence-corrected chi connectivity index (χ4v) is 1.35. The van der Waals surface area contributed by atoms with Gasteiger partial charge >= 0.3 is 12.5 Å². The van der Waals surface area contributed by atoms with Crippen LogP contribution in [-0.2, 0) is 4.74 Å². The summed E-state index contributed by atoms with van der Waals surface area (Å²) in [6.45, 7) is 5.07. The molecule has 4 nitrogen and oxygen atoms in total. The van der Waals surface area contributed by atoms with Gasteiger partial charge in [-0.1, -0.05) is 24.0 Å². The van der Waals surface area contributed by atoms with Crippen LogP contribution in [0.25, 0.3) is 0 Å². The highest BCUT2D eigenvalue weighted by molar-refractivity contribution is 5.68. The van der Waals surface area contributed by atoms with Crippen LogP contribution in [0.5, 0.6) is 5.75 Å². The molecule has 0 radical (unpaired) electrons. The van der Waals surface area contributed by atoms with E-state index in [-0.39, 0.29) is 17.9 Å². The van der Waals surface area contributed by atoms with E-state index < -0.39 is 18.1 Å². The summed E-state index contributed by atoms with van der Waals surface area (Å²) >= 11 is 0. The Hall–Kier alpha value is -2.36. The van der Waals surface area contributed by atoms with E-state index in [4.69, 9.17) is 4.74 Å². The normalized spacial score (nSPS) is 11.2. The van der Waals surface area contributed by atoms with Crippen molar-refractivity contribution >= 4 is 6.09 Å². The molecule has 0 aliphatic carbocycles. The zero-order chi connectivity index (χ0) is 16.8. The first-order chi connectivity index (χ1) is 10.1. The summed E-state index contributed by atoms with van der Waals surface area (Å²) in [7, 11) is 0. The Labute approximate surface area is 126 Å². The van der Waals surface area contributed by atoms with Gasteiger partial charge in [-0.15, -0.1) is 13.2 Å². The van der Waals surface area contributed by atoms with E-state index >= 15 is 0 Å². The number of rotatable bonds is 2. The zero-order valence-electron chi connectivity index (χ0n) is 12.4. The number of benzene rings is 1. The molecule has 0 saturated carbocycles. The van der Waals surface area contributed by atoms with Gasteiger partial charge < -0.3 is 14.8 Å². The highest BCUT2D eigenvalue weighted by Gasteiger charge is 2.31. The molecule has 0 aliphatic heterocycles. The molecule has 0 bridgehead atoms. The Bertz CT molecular complexity index is 580. The molecule has 0 saturated heterocycles. The summed E-state index contributed by atoms with van der Waals surface area (Å²) in [5, 5.41) is 2.38. The summed E-state index contributed by atoms with van der Waals surface area (Å²) in [6, 6.07) is 5.50. The highest BCUT2D eigenvalue weighted by Crippen LogP contribution is 2.25. The third-order valence-corrected chi connectivity index (χ3v) is 2.06. The van der Waals surface area contributed by atoms with Gasteiger partial charge in [0.1, 0.15) is 11.4 Å². The third kappa shape index (κ3) is 7.43. The van der Waals surface area contributed by atoms with Crippen molar-refractivity contribution < 1.29 is 27.4 Å². The number of nitrogens with one attached hydrogen (secondary N) is 1. The van der Waals surface area contributed by atoms with Crippen LogP contribution < -0.4 is 10.1 Å². The number of alkyl carbamates (subject to hydrolysis) is 1. The Balaban J connectivity index is 2.64. The molecule has 7 heteroatoms. The molecule has 120 valence electrons. The van der Waals surface area contributed by atoms with Crippen LogP contribution in [-0.4, -0.2) is 24.6 Å². The lowest BCUT2D eigenvalue weighted by atomic mass is 10.2. The number of alkyl halides is 3. The number of ether oxygens (including phenoxy) is 2. The molecule has 0 spiro atoms. The summed E-state index contributed by atoms with van der Waals surface area (Å²) in [5.74, 6) is 4.65. The largest absolute Gasteiger partial charge is 0.573 e. The van der Waals surface area contributed by atoms with Crippen molar-refractivity contribution in [1.82, 2.24) is 5.32 Å². The minimum Gasteiger partial charge on any atom is -0.444 e. The molecule has 0 aromatic heterocycles. The van der Waals surface area contributed by atoms with Crippen molar-refractivity contribution in [3.05, 3.63) is 29.8 Å². The molecule has 0 aliphatic rings. The van der Waals surface area contributed by atoms with Crippen LogP contribution in [0.15, 0.2) is 24.3 Å². The highest BCUT2D eigenvalue weighted by atomic mass is 19.4. The molecular weight excluding hydrogens is 299 g/mol. The van der Waals surface area contributed by atoms with Crippen LogP contribution in [0.2, 0.25) is 0 Å². The number of hydrogen-bond donors (Lipinski definition) is 1. The second-order valence-corrected chi connectivity index (χ2v) is 5.20. The maximum atomic E-state index is 12.2. The Kier molecular flexibility index (Phi) is 5.69. The average molecular weight is 315 g/mol. The van der Waals surface area contributed by atoms with Crippen molar-refractivity contribution in [2.24, 2.45) is 0 Å². The first-order valence-electron chi connectivity index (χ1n) is 6.37. The van der Waals surface area contributed by atoms with Crippen molar-refractivity contribution in [2.75, 3.05) is 6.54 Å². The SMILES string of the molecule is CC(C)(C)OC(=O)NCC#Cc1ccccc1OC(F)(F)F. The lowest BCUT2D eigenvalue weighted by Gasteiger charge is -2.19. The summed E-state index contributed by atoms with van der Waals surface area (Å²) in [5.41, 5.74) is -0.559. The maximum absolute atomic E-state index is 12.2. The van der Waals surface area contributed by atoms with Crippen LogP contribution in [0, 0.1) is 11.8 Å². The van der Waals surface area contributed by atoms with Crippen LogP contribution in [0.3, 0.4) is 0 Å². The van der Waals surface area contributed by atoms with Crippen LogP contribution >= 0.6 is 0 Å². The summed E-state index contributed by atoms with van der Waals surface area (Å²) in [4.78, 5) is 11.4. The lowest BCUT2D eigenvalue weighted by molar-refractivity contribution is -0.274. The summed E-state index contributed by atoms with van der Waals surface area (Å²) in [6.07, 6.45) is -5.44. The molecule has 1 amide bonds. The molecule has 1 aromatic carbocycles. The van der Waals surface area contributed by atoms with Gasteiger partial charge in [-0.05, 0) is 32.9 Å². The van der Waals surface area contributed by atoms with Gasteiger partial charge in [-0.3, -0.25) is 0 Å². The smallest absolute Gasteiger partial charge is 0.444 e. The van der Waals surface area contributed by atoms with Gasteiger partial charge in [0.25, 0.3) is 0 Å². The first kappa shape index (κ1) is 17.7. The van der Waals surface area contributed by atoms with E-state index in [2.05, 4.69) is 21.9 Å². The van der Waals surface area contributed by atoms with Crippen molar-refractivity contribution in [3.63, 3.8) is 0 Å². The maximum Gasteiger partial charge on any atom is 0.573 e. The fourth-order valence-electron chi connectivity index (χ4n) is 1.35. The molecule has 1 rings (SSSR count). The van der Waals surface area contributed by atoms with E-state index in [0.29, 0.717) is 0 Å². The van der Waals surface area contributed by atoms with Gasteiger partial charge in [0.2, 0.25) is 0 Å². The standard InChI is InChI=1S/C15H16F3NO3/c1-14(2,3)22-13(20)19-10-6-8-11-7-4-5-9-12(11)21-15(16,17)18/h4-5,7,9H,10H2,1-3H3,(H,19,20). The van der Waals surface area contributed by atoms with Crippen molar-refractivity contribution in [2.45, 2.75) is 32.7 Å². The third-order valence-electron chi connectivity index (χ3n) is 2.06. The van der Waals surface area contributed by atoms with Crippen LogP contribution in [0.4, 0.5) is 18.0 Å². The molecule has 0 fully saturated rings. The first-order valence-corrected chi connectivity index (χ1v) is 6.37. The second-order valence-electron chi connectivity index (χ2n) is 5.20. The Morgan fingerprint density at radius 3 is 2.45 bits per heavy atom. The van der Waals surface area contributed by atoms with Gasteiger partial charge in [0.05, 0.1) is 12.1 Å². The summed E-state index contributed by atoms with van der Waals surface area (Å²) < 4.78 is 45.5. The van der Waals surface area contributed by atoms with Gasteiger partial charge in [0, 0.05) is 0 Å². The Morgan fingerprint density at radius 1 is 1.23 bits per heavy atom. The van der Waals surface area contributed by atoms with Crippen molar-refractivity contribution in [1.29, 1.82) is 0 Å². The predicted octanol–water partition coefficient (Wildman–Crippen LogP) is 3.46. The molecule has 22 heavy (non-hydrogen) atoms. The number of hydrogen-bond acceptors (Lipinski definition) is 3. The number of carbonyl (C=O) groups excluding carboxylic acids is 1. The monoisotopic (exact) mass is 315 g/mol.